The molecule has 64 valence electrons. The largest absolute Gasteiger partial charge is 0.788 e. The molecule has 4 nitrogen and oxygen atoms in total. The van der Waals surface area contributed by atoms with Gasteiger partial charge in [0.05, 0.1) is 0 Å². The van der Waals surface area contributed by atoms with Gasteiger partial charge in [0.25, 0.3) is 0 Å². The molecule has 0 radical (unpaired) electrons. The summed E-state index contributed by atoms with van der Waals surface area (Å²) >= 11 is 0. The number of hydroxylamine groups is 1. The number of carbonyl (C=O) groups excluding carboxylic acids is 1. The lowest BCUT2D eigenvalue weighted by atomic mass is 10.00. The molecule has 1 rings (SSSR count). The van der Waals surface area contributed by atoms with E-state index in [1.54, 1.807) is 6.92 Å². The highest BCUT2D eigenvalue weighted by atomic mass is 16.5. The van der Waals surface area contributed by atoms with Gasteiger partial charge in [0, 0.05) is 12.5 Å². The molecule has 4 heteroatoms. The standard InChI is InChI=1S/C7H13N2O2/c1-5(9-11)4-6-2-3-8-7(6)10/h5-6,9H,2-4H2,1H3,(H,8,10)/q-1. The number of rotatable bonds is 3. The average molecular weight is 157 g/mol. The number of hydrogen-bond acceptors (Lipinski definition) is 3. The van der Waals surface area contributed by atoms with Crippen LogP contribution in [0.2, 0.25) is 0 Å². The summed E-state index contributed by atoms with van der Waals surface area (Å²) in [6.45, 7) is 2.55. The van der Waals surface area contributed by atoms with Gasteiger partial charge >= 0.3 is 0 Å². The average Bonchev–Trinajstić information content (AvgIpc) is 2.37. The minimum Gasteiger partial charge on any atom is -0.788 e. The van der Waals surface area contributed by atoms with Crippen LogP contribution >= 0.6 is 0 Å². The van der Waals surface area contributed by atoms with Gasteiger partial charge in [0.2, 0.25) is 5.91 Å². The topological polar surface area (TPSA) is 64.2 Å². The summed E-state index contributed by atoms with van der Waals surface area (Å²) in [5.41, 5.74) is 1.88. The van der Waals surface area contributed by atoms with Crippen LogP contribution in [0.1, 0.15) is 19.8 Å². The van der Waals surface area contributed by atoms with Crippen LogP contribution in [0.15, 0.2) is 0 Å². The fourth-order valence-electron chi connectivity index (χ4n) is 1.34. The van der Waals surface area contributed by atoms with Gasteiger partial charge in [-0.1, -0.05) is 6.92 Å². The van der Waals surface area contributed by atoms with Crippen molar-refractivity contribution >= 4 is 5.91 Å². The van der Waals surface area contributed by atoms with E-state index in [0.717, 1.165) is 13.0 Å². The monoisotopic (exact) mass is 157 g/mol. The van der Waals surface area contributed by atoms with Crippen molar-refractivity contribution < 1.29 is 4.79 Å². The van der Waals surface area contributed by atoms with E-state index >= 15 is 0 Å². The molecule has 0 aliphatic carbocycles. The van der Waals surface area contributed by atoms with Gasteiger partial charge in [-0.05, 0) is 18.9 Å². The molecule has 1 amide bonds. The molecule has 1 saturated heterocycles. The fraction of sp³-hybridized carbons (Fsp3) is 0.857. The molecule has 2 N–H and O–H groups in total. The molecule has 1 fully saturated rings. The van der Waals surface area contributed by atoms with E-state index in [-0.39, 0.29) is 17.9 Å². The van der Waals surface area contributed by atoms with Crippen molar-refractivity contribution in [2.24, 2.45) is 5.92 Å². The van der Waals surface area contributed by atoms with Crippen LogP contribution in [0.4, 0.5) is 0 Å². The quantitative estimate of drug-likeness (QED) is 0.566. The first-order valence-electron chi connectivity index (χ1n) is 3.89. The summed E-state index contributed by atoms with van der Waals surface area (Å²) in [6.07, 6.45) is 1.51. The molecule has 2 unspecified atom stereocenters. The summed E-state index contributed by atoms with van der Waals surface area (Å²) in [5, 5.41) is 12.9. The third kappa shape index (κ3) is 2.17. The highest BCUT2D eigenvalue weighted by molar-refractivity contribution is 5.80. The van der Waals surface area contributed by atoms with Crippen molar-refractivity contribution in [1.82, 2.24) is 10.8 Å². The first-order valence-corrected chi connectivity index (χ1v) is 3.89. The highest BCUT2D eigenvalue weighted by Gasteiger charge is 2.24. The number of amides is 1. The van der Waals surface area contributed by atoms with Crippen molar-refractivity contribution in [2.45, 2.75) is 25.8 Å². The smallest absolute Gasteiger partial charge is 0.223 e. The molecule has 11 heavy (non-hydrogen) atoms. The van der Waals surface area contributed by atoms with Gasteiger partial charge in [-0.2, -0.15) is 0 Å². The van der Waals surface area contributed by atoms with Crippen LogP contribution in [-0.4, -0.2) is 18.5 Å². The lowest BCUT2D eigenvalue weighted by molar-refractivity contribution is -0.122. The summed E-state index contributed by atoms with van der Waals surface area (Å²) in [7, 11) is 0. The molecule has 0 saturated carbocycles. The Morgan fingerprint density at radius 3 is 3.09 bits per heavy atom. The van der Waals surface area contributed by atoms with Gasteiger partial charge in [-0.3, -0.25) is 4.79 Å². The lowest BCUT2D eigenvalue weighted by Gasteiger charge is -2.19. The van der Waals surface area contributed by atoms with Crippen LogP contribution in [0.5, 0.6) is 0 Å². The zero-order valence-corrected chi connectivity index (χ0v) is 6.59. The van der Waals surface area contributed by atoms with Gasteiger partial charge < -0.3 is 16.0 Å². The normalized spacial score (nSPS) is 26.7. The van der Waals surface area contributed by atoms with E-state index in [2.05, 4.69) is 5.32 Å². The second-order valence-corrected chi connectivity index (χ2v) is 3.03. The zero-order valence-electron chi connectivity index (χ0n) is 6.59. The molecular weight excluding hydrogens is 144 g/mol. The molecule has 1 aliphatic heterocycles. The predicted octanol–water partition coefficient (Wildman–Crippen LogP) is -0.0115. The SMILES string of the molecule is CC(CC1CCNC1=O)N[O-]. The first-order chi connectivity index (χ1) is 5.24. The third-order valence-corrected chi connectivity index (χ3v) is 2.00. The number of carbonyl (C=O) groups is 1. The number of nitrogens with one attached hydrogen (secondary N) is 2. The summed E-state index contributed by atoms with van der Waals surface area (Å²) in [4.78, 5) is 11.0. The van der Waals surface area contributed by atoms with Gasteiger partial charge in [0.1, 0.15) is 0 Å². The summed E-state index contributed by atoms with van der Waals surface area (Å²) < 4.78 is 0. The molecule has 1 aliphatic rings. The Kier molecular flexibility index (Phi) is 2.84. The molecule has 1 heterocycles. The van der Waals surface area contributed by atoms with Crippen molar-refractivity contribution in [3.63, 3.8) is 0 Å². The van der Waals surface area contributed by atoms with Crippen molar-refractivity contribution in [3.05, 3.63) is 5.21 Å². The van der Waals surface area contributed by atoms with E-state index in [0.29, 0.717) is 6.42 Å². The van der Waals surface area contributed by atoms with Crippen LogP contribution in [0.25, 0.3) is 0 Å². The Balaban J connectivity index is 2.30. The van der Waals surface area contributed by atoms with Crippen molar-refractivity contribution in [3.8, 4) is 0 Å². The minimum atomic E-state index is -0.108. The highest BCUT2D eigenvalue weighted by Crippen LogP contribution is 2.15. The molecule has 0 aromatic rings. The Morgan fingerprint density at radius 1 is 1.91 bits per heavy atom. The first kappa shape index (κ1) is 8.49. The fourth-order valence-corrected chi connectivity index (χ4v) is 1.34. The van der Waals surface area contributed by atoms with Crippen molar-refractivity contribution in [1.29, 1.82) is 0 Å². The van der Waals surface area contributed by atoms with E-state index in [4.69, 9.17) is 0 Å². The van der Waals surface area contributed by atoms with Crippen LogP contribution < -0.4 is 10.8 Å². The molecule has 0 spiro atoms. The van der Waals surface area contributed by atoms with E-state index < -0.39 is 0 Å². The maximum absolute atomic E-state index is 11.0. The third-order valence-electron chi connectivity index (χ3n) is 2.00. The minimum absolute atomic E-state index is 0.0476. The number of hydrogen-bond donors (Lipinski definition) is 2. The summed E-state index contributed by atoms with van der Waals surface area (Å²) in [6, 6.07) is -0.108. The molecule has 2 atom stereocenters. The Bertz CT molecular complexity index is 149. The van der Waals surface area contributed by atoms with Crippen LogP contribution in [0, 0.1) is 11.1 Å². The molecule has 0 aromatic carbocycles. The molecule has 0 bridgehead atoms. The van der Waals surface area contributed by atoms with Crippen LogP contribution in [0.3, 0.4) is 0 Å². The zero-order chi connectivity index (χ0) is 8.27. The molecular formula is C7H13N2O2-. The van der Waals surface area contributed by atoms with Crippen LogP contribution in [-0.2, 0) is 4.79 Å². The van der Waals surface area contributed by atoms with E-state index in [1.807, 2.05) is 5.48 Å². The maximum atomic E-state index is 11.0. The van der Waals surface area contributed by atoms with Gasteiger partial charge in [-0.25, -0.2) is 0 Å². The van der Waals surface area contributed by atoms with Gasteiger partial charge in [0.15, 0.2) is 0 Å². The maximum Gasteiger partial charge on any atom is 0.223 e. The second-order valence-electron chi connectivity index (χ2n) is 3.03. The second kappa shape index (κ2) is 3.69. The van der Waals surface area contributed by atoms with Gasteiger partial charge in [-0.15, -0.1) is 0 Å². The molecule has 0 aromatic heterocycles. The Morgan fingerprint density at radius 2 is 2.64 bits per heavy atom. The van der Waals surface area contributed by atoms with E-state index in [1.165, 1.54) is 0 Å². The Labute approximate surface area is 65.9 Å². The van der Waals surface area contributed by atoms with Crippen molar-refractivity contribution in [2.75, 3.05) is 6.54 Å². The predicted molar refractivity (Wildman–Crippen MR) is 41.7 cm³/mol. The lowest BCUT2D eigenvalue weighted by Crippen LogP contribution is -2.27. The summed E-state index contributed by atoms with van der Waals surface area (Å²) in [5.74, 6) is 0.138. The van der Waals surface area contributed by atoms with E-state index in [9.17, 15) is 10.0 Å². The Hall–Kier alpha value is -0.610.